The van der Waals surface area contributed by atoms with Gasteiger partial charge in [0.1, 0.15) is 0 Å². The molecule has 0 fully saturated rings. The third kappa shape index (κ3) is 5.74. The second kappa shape index (κ2) is 6.80. The molecule has 0 bridgehead atoms. The Morgan fingerprint density at radius 2 is 2.27 bits per heavy atom. The molecule has 0 aliphatic carbocycles. The fraction of sp³-hybridized carbons (Fsp3) is 0.545. The van der Waals surface area contributed by atoms with Crippen LogP contribution in [-0.2, 0) is 4.74 Å². The fourth-order valence-corrected chi connectivity index (χ4v) is 1.46. The van der Waals surface area contributed by atoms with E-state index in [-0.39, 0.29) is 0 Å². The van der Waals surface area contributed by atoms with Gasteiger partial charge in [-0.25, -0.2) is 0 Å². The van der Waals surface area contributed by atoms with Crippen LogP contribution < -0.4 is 5.32 Å². The highest BCUT2D eigenvalue weighted by Gasteiger charge is 1.95. The minimum atomic E-state index is 0.595. The first-order valence-corrected chi connectivity index (χ1v) is 5.90. The van der Waals surface area contributed by atoms with Crippen molar-refractivity contribution in [3.05, 3.63) is 22.9 Å². The molecule has 0 aromatic carbocycles. The molecule has 0 unspecified atom stereocenters. The molecule has 0 spiro atoms. The molecule has 0 atom stereocenters. The Morgan fingerprint density at radius 1 is 1.47 bits per heavy atom. The third-order valence-corrected chi connectivity index (χ3v) is 2.17. The average Bonchev–Trinajstić information content (AvgIpc) is 2.17. The first kappa shape index (κ1) is 12.5. The second-order valence-corrected chi connectivity index (χ2v) is 4.70. The zero-order valence-corrected chi connectivity index (χ0v) is 10.8. The van der Waals surface area contributed by atoms with Crippen LogP contribution in [0.4, 0.5) is 5.69 Å². The molecular weight excluding hydrogens is 256 g/mol. The van der Waals surface area contributed by atoms with Crippen molar-refractivity contribution in [2.75, 3.05) is 25.1 Å². The molecule has 15 heavy (non-hydrogen) atoms. The number of nitrogens with one attached hydrogen (secondary N) is 1. The smallest absolute Gasteiger partial charge is 0.0639 e. The quantitative estimate of drug-likeness (QED) is 0.809. The topological polar surface area (TPSA) is 34.1 Å². The molecule has 84 valence electrons. The Morgan fingerprint density at radius 3 is 2.93 bits per heavy atom. The maximum Gasteiger partial charge on any atom is 0.0639 e. The molecule has 4 heteroatoms. The molecule has 0 radical (unpaired) electrons. The number of hydrogen-bond acceptors (Lipinski definition) is 3. The average molecular weight is 273 g/mol. The van der Waals surface area contributed by atoms with Crippen LogP contribution in [-0.4, -0.2) is 24.7 Å². The summed E-state index contributed by atoms with van der Waals surface area (Å²) in [6.07, 6.45) is 3.56. The number of nitrogens with zero attached hydrogens (tertiary/aromatic N) is 1. The van der Waals surface area contributed by atoms with Crippen molar-refractivity contribution in [2.24, 2.45) is 5.92 Å². The number of anilines is 1. The minimum absolute atomic E-state index is 0.595. The van der Waals surface area contributed by atoms with E-state index < -0.39 is 0 Å². The Hall–Kier alpha value is -0.610. The molecule has 0 amide bonds. The van der Waals surface area contributed by atoms with Gasteiger partial charge in [-0.2, -0.15) is 0 Å². The van der Waals surface area contributed by atoms with Gasteiger partial charge in [-0.15, -0.1) is 0 Å². The normalized spacial score (nSPS) is 10.7. The van der Waals surface area contributed by atoms with Crippen molar-refractivity contribution in [2.45, 2.75) is 13.8 Å². The molecule has 1 N–H and O–H groups in total. The summed E-state index contributed by atoms with van der Waals surface area (Å²) < 4.78 is 6.43. The standard InChI is InChI=1S/C11H17BrN2O/c1-9(2)8-15-4-3-14-11-5-10(12)6-13-7-11/h5-7,9,14H,3-4,8H2,1-2H3. The first-order valence-electron chi connectivity index (χ1n) is 5.10. The molecule has 1 heterocycles. The molecular formula is C11H17BrN2O. The summed E-state index contributed by atoms with van der Waals surface area (Å²) >= 11 is 3.37. The van der Waals surface area contributed by atoms with Crippen LogP contribution in [0.25, 0.3) is 0 Å². The van der Waals surface area contributed by atoms with Gasteiger partial charge in [0, 0.05) is 23.8 Å². The molecule has 0 saturated heterocycles. The predicted molar refractivity (Wildman–Crippen MR) is 66.1 cm³/mol. The fourth-order valence-electron chi connectivity index (χ4n) is 1.10. The van der Waals surface area contributed by atoms with E-state index in [1.165, 1.54) is 0 Å². The summed E-state index contributed by atoms with van der Waals surface area (Å²) in [6, 6.07) is 2.00. The van der Waals surface area contributed by atoms with E-state index in [0.29, 0.717) is 5.92 Å². The van der Waals surface area contributed by atoms with Crippen molar-refractivity contribution in [3.63, 3.8) is 0 Å². The van der Waals surface area contributed by atoms with Crippen LogP contribution in [0.3, 0.4) is 0 Å². The van der Waals surface area contributed by atoms with E-state index in [1.807, 2.05) is 6.07 Å². The molecule has 1 aromatic rings. The monoisotopic (exact) mass is 272 g/mol. The van der Waals surface area contributed by atoms with E-state index >= 15 is 0 Å². The van der Waals surface area contributed by atoms with Crippen LogP contribution in [0.2, 0.25) is 0 Å². The van der Waals surface area contributed by atoms with E-state index in [9.17, 15) is 0 Å². The Bertz CT molecular complexity index is 292. The third-order valence-electron chi connectivity index (χ3n) is 1.73. The van der Waals surface area contributed by atoms with E-state index in [2.05, 4.69) is 40.1 Å². The van der Waals surface area contributed by atoms with Crippen LogP contribution in [0.1, 0.15) is 13.8 Å². The van der Waals surface area contributed by atoms with Crippen LogP contribution in [0.15, 0.2) is 22.9 Å². The Kier molecular flexibility index (Phi) is 5.65. The molecule has 0 aliphatic rings. The lowest BCUT2D eigenvalue weighted by atomic mass is 10.2. The molecule has 1 aromatic heterocycles. The predicted octanol–water partition coefficient (Wildman–Crippen LogP) is 2.93. The van der Waals surface area contributed by atoms with E-state index in [4.69, 9.17) is 4.74 Å². The van der Waals surface area contributed by atoms with Gasteiger partial charge in [0.05, 0.1) is 18.5 Å². The summed E-state index contributed by atoms with van der Waals surface area (Å²) in [5.74, 6) is 0.595. The highest BCUT2D eigenvalue weighted by atomic mass is 79.9. The summed E-state index contributed by atoms with van der Waals surface area (Å²) in [5, 5.41) is 3.24. The SMILES string of the molecule is CC(C)COCCNc1cncc(Br)c1. The van der Waals surface area contributed by atoms with E-state index in [0.717, 1.165) is 29.9 Å². The molecule has 0 aliphatic heterocycles. The van der Waals surface area contributed by atoms with Gasteiger partial charge in [0.25, 0.3) is 0 Å². The number of hydrogen-bond donors (Lipinski definition) is 1. The number of halogens is 1. The van der Waals surface area contributed by atoms with Crippen molar-refractivity contribution in [3.8, 4) is 0 Å². The lowest BCUT2D eigenvalue weighted by molar-refractivity contribution is 0.118. The van der Waals surface area contributed by atoms with Gasteiger partial charge in [0.15, 0.2) is 0 Å². The van der Waals surface area contributed by atoms with Crippen molar-refractivity contribution < 1.29 is 4.74 Å². The van der Waals surface area contributed by atoms with Gasteiger partial charge >= 0.3 is 0 Å². The lowest BCUT2D eigenvalue weighted by Crippen LogP contribution is -2.12. The lowest BCUT2D eigenvalue weighted by Gasteiger charge is -2.08. The van der Waals surface area contributed by atoms with Gasteiger partial charge < -0.3 is 10.1 Å². The summed E-state index contributed by atoms with van der Waals surface area (Å²) in [5.41, 5.74) is 1.01. The Balaban J connectivity index is 2.15. The maximum atomic E-state index is 5.45. The van der Waals surface area contributed by atoms with Gasteiger partial charge in [0.2, 0.25) is 0 Å². The zero-order chi connectivity index (χ0) is 11.1. The van der Waals surface area contributed by atoms with Crippen LogP contribution in [0, 0.1) is 5.92 Å². The summed E-state index contributed by atoms with van der Waals surface area (Å²) in [6.45, 7) is 6.64. The highest BCUT2D eigenvalue weighted by molar-refractivity contribution is 9.10. The molecule has 1 rings (SSSR count). The van der Waals surface area contributed by atoms with Crippen molar-refractivity contribution in [1.29, 1.82) is 0 Å². The number of ether oxygens (including phenoxy) is 1. The maximum absolute atomic E-state index is 5.45. The number of rotatable bonds is 6. The van der Waals surface area contributed by atoms with Crippen LogP contribution >= 0.6 is 15.9 Å². The highest BCUT2D eigenvalue weighted by Crippen LogP contribution is 2.12. The minimum Gasteiger partial charge on any atom is -0.381 e. The van der Waals surface area contributed by atoms with Crippen molar-refractivity contribution in [1.82, 2.24) is 4.98 Å². The summed E-state index contributed by atoms with van der Waals surface area (Å²) in [7, 11) is 0. The number of aromatic nitrogens is 1. The van der Waals surface area contributed by atoms with Crippen molar-refractivity contribution >= 4 is 21.6 Å². The largest absolute Gasteiger partial charge is 0.381 e. The van der Waals surface area contributed by atoms with Gasteiger partial charge in [-0.3, -0.25) is 4.98 Å². The van der Waals surface area contributed by atoms with Gasteiger partial charge in [-0.05, 0) is 27.9 Å². The molecule has 3 nitrogen and oxygen atoms in total. The second-order valence-electron chi connectivity index (χ2n) is 3.79. The zero-order valence-electron chi connectivity index (χ0n) is 9.16. The number of pyridine rings is 1. The summed E-state index contributed by atoms with van der Waals surface area (Å²) in [4.78, 5) is 4.06. The molecule has 0 saturated carbocycles. The van der Waals surface area contributed by atoms with Crippen LogP contribution in [0.5, 0.6) is 0 Å². The first-order chi connectivity index (χ1) is 7.18. The van der Waals surface area contributed by atoms with Gasteiger partial charge in [-0.1, -0.05) is 13.8 Å². The van der Waals surface area contributed by atoms with E-state index in [1.54, 1.807) is 12.4 Å². The Labute approximate surface area is 99.4 Å².